The summed E-state index contributed by atoms with van der Waals surface area (Å²) in [6.45, 7) is 1.11. The number of Topliss-reactive ketones (excluding diaryl/α,β-unsaturated/α-hetero) is 1. The van der Waals surface area contributed by atoms with E-state index in [1.807, 2.05) is 0 Å². The molecule has 4 aromatic rings. The Morgan fingerprint density at radius 3 is 2.27 bits per heavy atom. The normalized spacial score (nSPS) is 11.4. The van der Waals surface area contributed by atoms with Gasteiger partial charge in [-0.2, -0.15) is 0 Å². The van der Waals surface area contributed by atoms with Crippen molar-refractivity contribution in [2.75, 3.05) is 11.4 Å². The average molecular weight is 500 g/mol. The van der Waals surface area contributed by atoms with Gasteiger partial charge in [-0.25, -0.2) is 0 Å². The van der Waals surface area contributed by atoms with Gasteiger partial charge in [0.15, 0.2) is 11.5 Å². The second-order valence-corrected chi connectivity index (χ2v) is 8.14. The molecule has 1 atom stereocenters. The molecule has 37 heavy (non-hydrogen) atoms. The molecule has 0 aliphatic heterocycles. The summed E-state index contributed by atoms with van der Waals surface area (Å²) in [4.78, 5) is 53.0. The molecule has 2 aromatic heterocycles. The minimum atomic E-state index is -1.11. The monoisotopic (exact) mass is 499 g/mol. The van der Waals surface area contributed by atoms with Gasteiger partial charge in [-0.15, -0.1) is 0 Å². The summed E-state index contributed by atoms with van der Waals surface area (Å²) in [7, 11) is 0. The largest absolute Gasteiger partial charge is 0.467 e. The molecule has 0 fully saturated rings. The average Bonchev–Trinajstić information content (AvgIpc) is 3.64. The quantitative estimate of drug-likeness (QED) is 0.319. The van der Waals surface area contributed by atoms with E-state index in [0.717, 1.165) is 0 Å². The van der Waals surface area contributed by atoms with E-state index in [4.69, 9.17) is 8.83 Å². The van der Waals surface area contributed by atoms with Crippen LogP contribution >= 0.6 is 0 Å². The Kier molecular flexibility index (Phi) is 7.95. The van der Waals surface area contributed by atoms with Gasteiger partial charge in [-0.3, -0.25) is 24.1 Å². The fourth-order valence-corrected chi connectivity index (χ4v) is 3.78. The van der Waals surface area contributed by atoms with Crippen molar-refractivity contribution in [1.82, 2.24) is 10.6 Å². The molecule has 0 saturated heterocycles. The summed E-state index contributed by atoms with van der Waals surface area (Å²) in [5.41, 5.74) is 1.24. The van der Waals surface area contributed by atoms with Crippen molar-refractivity contribution in [3.8, 4) is 0 Å². The highest BCUT2D eigenvalue weighted by atomic mass is 16.3. The summed E-state index contributed by atoms with van der Waals surface area (Å²) in [5, 5.41) is 5.35. The van der Waals surface area contributed by atoms with Gasteiger partial charge in [0.25, 0.3) is 5.91 Å². The molecular formula is C28H25N3O6. The van der Waals surface area contributed by atoms with Crippen LogP contribution in [-0.4, -0.2) is 30.0 Å². The number of benzene rings is 2. The van der Waals surface area contributed by atoms with E-state index in [0.29, 0.717) is 22.6 Å². The van der Waals surface area contributed by atoms with Gasteiger partial charge < -0.3 is 19.5 Å². The van der Waals surface area contributed by atoms with E-state index >= 15 is 0 Å². The minimum absolute atomic E-state index is 0.0497. The zero-order chi connectivity index (χ0) is 26.2. The van der Waals surface area contributed by atoms with Crippen LogP contribution in [0.3, 0.4) is 0 Å². The first-order valence-electron chi connectivity index (χ1n) is 11.5. The maximum absolute atomic E-state index is 13.6. The van der Waals surface area contributed by atoms with E-state index in [1.165, 1.54) is 30.4 Å². The Bertz CT molecular complexity index is 1360. The van der Waals surface area contributed by atoms with Crippen LogP contribution in [0.4, 0.5) is 5.69 Å². The fraction of sp³-hybridized carbons (Fsp3) is 0.143. The van der Waals surface area contributed by atoms with Crippen LogP contribution < -0.4 is 15.5 Å². The lowest BCUT2D eigenvalue weighted by Crippen LogP contribution is -2.47. The summed E-state index contributed by atoms with van der Waals surface area (Å²) < 4.78 is 10.4. The zero-order valence-electron chi connectivity index (χ0n) is 20.0. The van der Waals surface area contributed by atoms with Crippen molar-refractivity contribution in [2.24, 2.45) is 0 Å². The van der Waals surface area contributed by atoms with Crippen LogP contribution in [0.2, 0.25) is 0 Å². The summed E-state index contributed by atoms with van der Waals surface area (Å²) in [5.74, 6) is -1.21. The number of rotatable bonds is 10. The minimum Gasteiger partial charge on any atom is -0.467 e. The molecule has 0 radical (unpaired) electrons. The topological polar surface area (TPSA) is 122 Å². The fourth-order valence-electron chi connectivity index (χ4n) is 3.78. The molecule has 0 unspecified atom stereocenters. The molecule has 0 spiro atoms. The number of carbonyl (C=O) groups excluding carboxylic acids is 4. The number of nitrogens with zero attached hydrogens (tertiary/aromatic N) is 1. The van der Waals surface area contributed by atoms with E-state index in [1.54, 1.807) is 72.8 Å². The molecule has 0 saturated carbocycles. The van der Waals surface area contributed by atoms with Gasteiger partial charge in [0.2, 0.25) is 11.8 Å². The Labute approximate surface area is 213 Å². The second-order valence-electron chi connectivity index (χ2n) is 8.14. The lowest BCUT2D eigenvalue weighted by Gasteiger charge is -2.31. The van der Waals surface area contributed by atoms with E-state index in [2.05, 4.69) is 10.6 Å². The molecule has 2 heterocycles. The molecule has 0 aliphatic carbocycles. The van der Waals surface area contributed by atoms with E-state index in [9.17, 15) is 19.2 Å². The van der Waals surface area contributed by atoms with Crippen molar-refractivity contribution in [3.63, 3.8) is 0 Å². The van der Waals surface area contributed by atoms with E-state index in [-0.39, 0.29) is 18.1 Å². The zero-order valence-corrected chi connectivity index (χ0v) is 20.0. The summed E-state index contributed by atoms with van der Waals surface area (Å²) >= 11 is 0. The molecule has 9 heteroatoms. The van der Waals surface area contributed by atoms with Crippen LogP contribution in [-0.2, 0) is 16.1 Å². The third kappa shape index (κ3) is 6.21. The maximum atomic E-state index is 13.6. The number of nitrogens with one attached hydrogen (secondary N) is 2. The van der Waals surface area contributed by atoms with Gasteiger partial charge in [-0.05, 0) is 48.9 Å². The van der Waals surface area contributed by atoms with E-state index < -0.39 is 30.3 Å². The lowest BCUT2D eigenvalue weighted by molar-refractivity contribution is -0.126. The van der Waals surface area contributed by atoms with Crippen LogP contribution in [0, 0.1) is 0 Å². The van der Waals surface area contributed by atoms with Crippen LogP contribution in [0.5, 0.6) is 0 Å². The van der Waals surface area contributed by atoms with Gasteiger partial charge in [0.05, 0.1) is 25.6 Å². The number of hydrogen-bond acceptors (Lipinski definition) is 6. The number of ketones is 1. The van der Waals surface area contributed by atoms with Gasteiger partial charge >= 0.3 is 0 Å². The van der Waals surface area contributed by atoms with Gasteiger partial charge in [0.1, 0.15) is 11.8 Å². The number of carbonyl (C=O) groups is 4. The summed E-state index contributed by atoms with van der Waals surface area (Å²) in [6.07, 6.45) is 2.85. The molecule has 4 rings (SSSR count). The highest BCUT2D eigenvalue weighted by Gasteiger charge is 2.33. The molecule has 3 amide bonds. The Balaban J connectivity index is 1.70. The third-order valence-electron chi connectivity index (χ3n) is 5.58. The Morgan fingerprint density at radius 2 is 1.59 bits per heavy atom. The first-order chi connectivity index (χ1) is 17.9. The Hall–Kier alpha value is -4.92. The molecule has 2 aromatic carbocycles. The predicted octanol–water partition coefficient (Wildman–Crippen LogP) is 3.90. The third-order valence-corrected chi connectivity index (χ3v) is 5.58. The standard InChI is InChI=1S/C28H25N3O6/c1-19(32)21-10-5-11-22(16-21)31(25(33)18-30-27(34)24-13-7-15-37-24)26(20-8-3-2-4-9-20)28(35)29-17-23-12-6-14-36-23/h2-16,26H,17-18H2,1H3,(H,29,35)(H,30,34)/t26-/m1/s1. The van der Waals surface area contributed by atoms with Crippen molar-refractivity contribution < 1.29 is 28.0 Å². The van der Waals surface area contributed by atoms with Crippen molar-refractivity contribution in [3.05, 3.63) is 114 Å². The van der Waals surface area contributed by atoms with Gasteiger partial charge in [0, 0.05) is 11.3 Å². The lowest BCUT2D eigenvalue weighted by atomic mass is 10.0. The van der Waals surface area contributed by atoms with Crippen molar-refractivity contribution in [1.29, 1.82) is 0 Å². The molecule has 9 nitrogen and oxygen atoms in total. The first-order valence-corrected chi connectivity index (χ1v) is 11.5. The summed E-state index contributed by atoms with van der Waals surface area (Å²) in [6, 6.07) is 20.6. The molecule has 2 N–H and O–H groups in total. The Morgan fingerprint density at radius 1 is 0.838 bits per heavy atom. The van der Waals surface area contributed by atoms with Crippen LogP contribution in [0.15, 0.2) is 100 Å². The smallest absolute Gasteiger partial charge is 0.287 e. The van der Waals surface area contributed by atoms with Crippen LogP contribution in [0.25, 0.3) is 0 Å². The maximum Gasteiger partial charge on any atom is 0.287 e. The number of furan rings is 2. The number of hydrogen-bond donors (Lipinski definition) is 2. The van der Waals surface area contributed by atoms with Gasteiger partial charge in [-0.1, -0.05) is 42.5 Å². The molecule has 188 valence electrons. The first kappa shape index (κ1) is 25.2. The SMILES string of the molecule is CC(=O)c1cccc(N(C(=O)CNC(=O)c2ccco2)[C@@H](C(=O)NCc2ccco2)c2ccccc2)c1. The highest BCUT2D eigenvalue weighted by Crippen LogP contribution is 2.29. The molecular weight excluding hydrogens is 474 g/mol. The molecule has 0 bridgehead atoms. The van der Waals surface area contributed by atoms with Crippen molar-refractivity contribution in [2.45, 2.75) is 19.5 Å². The second kappa shape index (κ2) is 11.7. The number of anilines is 1. The molecule has 0 aliphatic rings. The predicted molar refractivity (Wildman–Crippen MR) is 135 cm³/mol. The highest BCUT2D eigenvalue weighted by molar-refractivity contribution is 6.05. The number of amides is 3. The van der Waals surface area contributed by atoms with Crippen LogP contribution in [0.1, 0.15) is 45.2 Å². The van der Waals surface area contributed by atoms with Crippen molar-refractivity contribution >= 4 is 29.2 Å².